The first-order valence-corrected chi connectivity index (χ1v) is 6.00. The molecule has 2 rings (SSSR count). The number of methoxy groups -OCH3 is 2. The van der Waals surface area contributed by atoms with Crippen LogP contribution in [0.2, 0.25) is 0 Å². The van der Waals surface area contributed by atoms with Crippen LogP contribution in [-0.4, -0.2) is 31.0 Å². The number of benzene rings is 1. The van der Waals surface area contributed by atoms with Gasteiger partial charge in [-0.3, -0.25) is 0 Å². The summed E-state index contributed by atoms with van der Waals surface area (Å²) in [6, 6.07) is 7.34. The van der Waals surface area contributed by atoms with Crippen LogP contribution >= 0.6 is 0 Å². The van der Waals surface area contributed by atoms with E-state index >= 15 is 0 Å². The third-order valence-electron chi connectivity index (χ3n) is 2.95. The van der Waals surface area contributed by atoms with E-state index in [9.17, 15) is 9.90 Å². The van der Waals surface area contributed by atoms with Gasteiger partial charge < -0.3 is 14.6 Å². The Morgan fingerprint density at radius 3 is 2.65 bits per heavy atom. The van der Waals surface area contributed by atoms with Gasteiger partial charge in [0.15, 0.2) is 5.76 Å². The molecule has 1 aromatic carbocycles. The van der Waals surface area contributed by atoms with Crippen LogP contribution in [0.4, 0.5) is 0 Å². The molecule has 0 amide bonds. The summed E-state index contributed by atoms with van der Waals surface area (Å²) >= 11 is 0. The van der Waals surface area contributed by atoms with Gasteiger partial charge in [-0.05, 0) is 19.1 Å². The number of para-hydroxylation sites is 1. The Hall–Kier alpha value is -2.56. The summed E-state index contributed by atoms with van der Waals surface area (Å²) in [5.74, 6) is -0.125. The zero-order valence-electron chi connectivity index (χ0n) is 11.5. The SMILES string of the molecule is COC(=O)C1=C(O)/C(=C/c2ccccc2OC)N=C1C. The summed E-state index contributed by atoms with van der Waals surface area (Å²) < 4.78 is 9.86. The quantitative estimate of drug-likeness (QED) is 0.859. The molecule has 0 fully saturated rings. The molecule has 0 saturated carbocycles. The molecule has 5 heteroatoms. The summed E-state index contributed by atoms with van der Waals surface area (Å²) in [4.78, 5) is 15.8. The third-order valence-corrected chi connectivity index (χ3v) is 2.95. The van der Waals surface area contributed by atoms with E-state index in [-0.39, 0.29) is 11.3 Å². The second-order valence-corrected chi connectivity index (χ2v) is 4.18. The van der Waals surface area contributed by atoms with Crippen LogP contribution in [0.25, 0.3) is 6.08 Å². The highest BCUT2D eigenvalue weighted by Gasteiger charge is 2.27. The molecule has 0 spiro atoms. The molecule has 0 atom stereocenters. The molecular weight excluding hydrogens is 258 g/mol. The van der Waals surface area contributed by atoms with Crippen LogP contribution in [-0.2, 0) is 9.53 Å². The number of aliphatic imine (C=N–C) groups is 1. The topological polar surface area (TPSA) is 68.1 Å². The maximum atomic E-state index is 11.6. The molecule has 1 heterocycles. The molecule has 1 N–H and O–H groups in total. The van der Waals surface area contributed by atoms with Gasteiger partial charge in [0, 0.05) is 5.56 Å². The molecule has 1 aliphatic heterocycles. The molecule has 5 nitrogen and oxygen atoms in total. The second kappa shape index (κ2) is 5.61. The molecule has 20 heavy (non-hydrogen) atoms. The zero-order valence-corrected chi connectivity index (χ0v) is 11.5. The van der Waals surface area contributed by atoms with Crippen molar-refractivity contribution in [2.45, 2.75) is 6.92 Å². The van der Waals surface area contributed by atoms with Gasteiger partial charge in [-0.15, -0.1) is 0 Å². The molecule has 1 aliphatic rings. The first-order chi connectivity index (χ1) is 9.58. The van der Waals surface area contributed by atoms with Gasteiger partial charge in [-0.2, -0.15) is 0 Å². The number of aliphatic hydroxyl groups excluding tert-OH is 1. The second-order valence-electron chi connectivity index (χ2n) is 4.18. The van der Waals surface area contributed by atoms with E-state index < -0.39 is 5.97 Å². The molecule has 0 unspecified atom stereocenters. The highest BCUT2D eigenvalue weighted by molar-refractivity contribution is 6.22. The van der Waals surface area contributed by atoms with Crippen molar-refractivity contribution in [3.05, 3.63) is 46.9 Å². The molecule has 0 saturated heterocycles. The number of hydrogen-bond donors (Lipinski definition) is 1. The van der Waals surface area contributed by atoms with Crippen LogP contribution in [0, 0.1) is 0 Å². The Morgan fingerprint density at radius 2 is 2.00 bits per heavy atom. The monoisotopic (exact) mass is 273 g/mol. The number of carbonyl (C=O) groups excluding carboxylic acids is 1. The van der Waals surface area contributed by atoms with Gasteiger partial charge in [0.25, 0.3) is 0 Å². The van der Waals surface area contributed by atoms with Crippen molar-refractivity contribution in [3.63, 3.8) is 0 Å². The lowest BCUT2D eigenvalue weighted by Gasteiger charge is -2.04. The molecule has 0 radical (unpaired) electrons. The van der Waals surface area contributed by atoms with Crippen molar-refractivity contribution >= 4 is 17.8 Å². The highest BCUT2D eigenvalue weighted by Crippen LogP contribution is 2.28. The van der Waals surface area contributed by atoms with Gasteiger partial charge >= 0.3 is 5.97 Å². The van der Waals surface area contributed by atoms with Crippen LogP contribution in [0.1, 0.15) is 12.5 Å². The minimum absolute atomic E-state index is 0.0913. The molecule has 0 bridgehead atoms. The van der Waals surface area contributed by atoms with Gasteiger partial charge in [0.1, 0.15) is 17.0 Å². The lowest BCUT2D eigenvalue weighted by atomic mass is 10.1. The van der Waals surface area contributed by atoms with Crippen LogP contribution in [0.15, 0.2) is 46.3 Å². The van der Waals surface area contributed by atoms with Crippen molar-refractivity contribution in [1.82, 2.24) is 0 Å². The number of carbonyl (C=O) groups is 1. The first kappa shape index (κ1) is 13.9. The lowest BCUT2D eigenvalue weighted by Crippen LogP contribution is -2.11. The Balaban J connectivity index is 2.47. The van der Waals surface area contributed by atoms with Gasteiger partial charge in [-0.1, -0.05) is 18.2 Å². The number of esters is 1. The van der Waals surface area contributed by atoms with E-state index in [2.05, 4.69) is 9.73 Å². The third kappa shape index (κ3) is 2.42. The van der Waals surface area contributed by atoms with Crippen LogP contribution in [0.3, 0.4) is 0 Å². The average Bonchev–Trinajstić information content (AvgIpc) is 2.73. The lowest BCUT2D eigenvalue weighted by molar-refractivity contribution is -0.135. The Labute approximate surface area is 116 Å². The molecular formula is C15H15NO4. The van der Waals surface area contributed by atoms with Crippen molar-refractivity contribution in [3.8, 4) is 5.75 Å². The van der Waals surface area contributed by atoms with E-state index in [0.29, 0.717) is 17.2 Å². The van der Waals surface area contributed by atoms with Crippen LogP contribution < -0.4 is 4.74 Å². The van der Waals surface area contributed by atoms with Gasteiger partial charge in [0.2, 0.25) is 0 Å². The van der Waals surface area contributed by atoms with E-state index in [4.69, 9.17) is 4.74 Å². The standard InChI is InChI=1S/C15H15NO4/c1-9-13(15(18)20-3)14(17)11(16-9)8-10-6-4-5-7-12(10)19-2/h4-8,17H,1-3H3/b11-8-. The molecule has 0 aliphatic carbocycles. The smallest absolute Gasteiger partial charge is 0.343 e. The summed E-state index contributed by atoms with van der Waals surface area (Å²) in [5.41, 5.74) is 1.59. The summed E-state index contributed by atoms with van der Waals surface area (Å²) in [6.07, 6.45) is 1.66. The van der Waals surface area contributed by atoms with E-state index in [1.165, 1.54) is 7.11 Å². The molecule has 104 valence electrons. The fourth-order valence-corrected chi connectivity index (χ4v) is 1.97. The summed E-state index contributed by atoms with van der Waals surface area (Å²) in [5, 5.41) is 10.1. The number of hydrogen-bond acceptors (Lipinski definition) is 5. The van der Waals surface area contributed by atoms with Gasteiger partial charge in [-0.25, -0.2) is 9.79 Å². The zero-order chi connectivity index (χ0) is 14.7. The van der Waals surface area contributed by atoms with Crippen LogP contribution in [0.5, 0.6) is 5.75 Å². The van der Waals surface area contributed by atoms with Crippen molar-refractivity contribution in [2.24, 2.45) is 4.99 Å². The number of ether oxygens (including phenoxy) is 2. The predicted octanol–water partition coefficient (Wildman–Crippen LogP) is 2.50. The molecule has 1 aromatic rings. The van der Waals surface area contributed by atoms with E-state index in [1.807, 2.05) is 18.2 Å². The average molecular weight is 273 g/mol. The van der Waals surface area contributed by atoms with Crippen molar-refractivity contribution in [1.29, 1.82) is 0 Å². The Morgan fingerprint density at radius 1 is 1.30 bits per heavy atom. The maximum absolute atomic E-state index is 11.6. The highest BCUT2D eigenvalue weighted by atomic mass is 16.5. The Kier molecular flexibility index (Phi) is 3.89. The predicted molar refractivity (Wildman–Crippen MR) is 75.8 cm³/mol. The number of rotatable bonds is 3. The van der Waals surface area contributed by atoms with Crippen molar-refractivity contribution < 1.29 is 19.4 Å². The summed E-state index contributed by atoms with van der Waals surface area (Å²) in [7, 11) is 2.83. The van der Waals surface area contributed by atoms with Crippen molar-refractivity contribution in [2.75, 3.05) is 14.2 Å². The van der Waals surface area contributed by atoms with Gasteiger partial charge in [0.05, 0.1) is 19.9 Å². The van der Waals surface area contributed by atoms with E-state index in [1.54, 1.807) is 26.2 Å². The first-order valence-electron chi connectivity index (χ1n) is 6.00. The number of nitrogens with zero attached hydrogens (tertiary/aromatic N) is 1. The minimum atomic E-state index is -0.604. The maximum Gasteiger partial charge on any atom is 0.343 e. The fraction of sp³-hybridized carbons (Fsp3) is 0.200. The molecule has 0 aromatic heterocycles. The Bertz CT molecular complexity index is 641. The van der Waals surface area contributed by atoms with E-state index in [0.717, 1.165) is 5.56 Å². The minimum Gasteiger partial charge on any atom is -0.505 e. The normalized spacial score (nSPS) is 16.4. The summed E-state index contributed by atoms with van der Waals surface area (Å²) in [6.45, 7) is 1.64. The number of aliphatic hydroxyl groups is 1. The fourth-order valence-electron chi connectivity index (χ4n) is 1.97. The largest absolute Gasteiger partial charge is 0.505 e.